The number of nitrogens with one attached hydrogen (secondary N) is 1. The predicted molar refractivity (Wildman–Crippen MR) is 133 cm³/mol. The number of anilines is 1. The maximum Gasteiger partial charge on any atom is 0.433 e. The van der Waals surface area contributed by atoms with E-state index in [1.807, 2.05) is 0 Å². The van der Waals surface area contributed by atoms with Crippen LogP contribution in [0.4, 0.5) is 30.2 Å². The number of ether oxygens (including phenoxy) is 1. The van der Waals surface area contributed by atoms with Crippen molar-refractivity contribution in [1.29, 1.82) is 0 Å². The molecule has 0 unspecified atom stereocenters. The summed E-state index contributed by atoms with van der Waals surface area (Å²) in [5, 5.41) is 29.9. The number of benzene rings is 2. The number of hydrogen-bond donors (Lipinski definition) is 1. The van der Waals surface area contributed by atoms with Gasteiger partial charge in [0.2, 0.25) is 5.82 Å². The van der Waals surface area contributed by atoms with Gasteiger partial charge in [-0.05, 0) is 41.8 Å². The molecule has 0 spiro atoms. The molecule has 0 radical (unpaired) electrons. The quantitative estimate of drug-likeness (QED) is 0.189. The lowest BCUT2D eigenvalue weighted by atomic mass is 10.2. The molecule has 202 valence electrons. The summed E-state index contributed by atoms with van der Waals surface area (Å²) in [6.45, 7) is 0. The van der Waals surface area contributed by atoms with Crippen LogP contribution in [-0.4, -0.2) is 35.3 Å². The molecule has 1 N–H and O–H groups in total. The molecule has 0 saturated carbocycles. The zero-order valence-corrected chi connectivity index (χ0v) is 20.3. The first-order valence-electron chi connectivity index (χ1n) is 10.9. The minimum Gasteiger partial charge on any atom is -0.457 e. The van der Waals surface area contributed by atoms with Gasteiger partial charge in [-0.1, -0.05) is 6.07 Å². The van der Waals surface area contributed by atoms with Gasteiger partial charge in [-0.25, -0.2) is 4.98 Å². The highest BCUT2D eigenvalue weighted by Gasteiger charge is 2.36. The van der Waals surface area contributed by atoms with Gasteiger partial charge in [-0.15, -0.1) is 16.4 Å². The number of thiophene rings is 1. The smallest absolute Gasteiger partial charge is 0.433 e. The number of non-ortho nitro benzene ring substituents is 2. The van der Waals surface area contributed by atoms with Gasteiger partial charge in [0.25, 0.3) is 23.1 Å². The molecule has 0 saturated heterocycles. The van der Waals surface area contributed by atoms with E-state index >= 15 is 0 Å². The summed E-state index contributed by atoms with van der Waals surface area (Å²) in [5.41, 5.74) is -2.03. The zero-order chi connectivity index (χ0) is 28.6. The Labute approximate surface area is 223 Å². The van der Waals surface area contributed by atoms with Gasteiger partial charge in [0.05, 0.1) is 38.6 Å². The highest BCUT2D eigenvalue weighted by molar-refractivity contribution is 7.13. The first-order chi connectivity index (χ1) is 19.0. The van der Waals surface area contributed by atoms with Crippen LogP contribution >= 0.6 is 11.3 Å². The standard InChI is InChI=1S/C23H12F3N7O6S/c24-23(25,26)19-11-17(18-2-1-7-40-18)28-22-29-20(30-31(19)22)21(34)27-12-3-5-15(6-4-12)39-16-9-13(32(35)36)8-14(10-16)33(37)38/h1-11H,(H,27,34). The Morgan fingerprint density at radius 2 is 1.62 bits per heavy atom. The van der Waals surface area contributed by atoms with Crippen LogP contribution in [0.2, 0.25) is 0 Å². The van der Waals surface area contributed by atoms with Crippen molar-refractivity contribution < 1.29 is 32.5 Å². The third-order valence-corrected chi connectivity index (χ3v) is 6.12. The molecular formula is C23H12F3N7O6S. The molecule has 5 rings (SSSR count). The molecule has 3 aromatic heterocycles. The van der Waals surface area contributed by atoms with Crippen LogP contribution in [-0.2, 0) is 6.18 Å². The van der Waals surface area contributed by atoms with E-state index in [0.29, 0.717) is 9.39 Å². The minimum atomic E-state index is -4.80. The number of halogens is 3. The van der Waals surface area contributed by atoms with Crippen LogP contribution in [0.5, 0.6) is 11.5 Å². The number of nitro groups is 2. The van der Waals surface area contributed by atoms with Crippen LogP contribution in [0.1, 0.15) is 16.3 Å². The van der Waals surface area contributed by atoms with E-state index in [1.165, 1.54) is 35.6 Å². The molecule has 0 fully saturated rings. The average Bonchev–Trinajstić information content (AvgIpc) is 3.59. The van der Waals surface area contributed by atoms with Crippen LogP contribution in [0.25, 0.3) is 16.3 Å². The van der Waals surface area contributed by atoms with Crippen molar-refractivity contribution in [3.8, 4) is 22.1 Å². The number of amides is 1. The normalized spacial score (nSPS) is 11.4. The lowest BCUT2D eigenvalue weighted by Gasteiger charge is -2.09. The summed E-state index contributed by atoms with van der Waals surface area (Å²) < 4.78 is 47.1. The van der Waals surface area contributed by atoms with Gasteiger partial charge in [0.15, 0.2) is 5.69 Å². The summed E-state index contributed by atoms with van der Waals surface area (Å²) in [5.74, 6) is -1.94. The number of nitro benzene ring substituents is 2. The van der Waals surface area contributed by atoms with E-state index < -0.39 is 50.6 Å². The number of fused-ring (bicyclic) bond motifs is 1. The Kier molecular flexibility index (Phi) is 6.56. The van der Waals surface area contributed by atoms with Crippen molar-refractivity contribution in [1.82, 2.24) is 19.6 Å². The lowest BCUT2D eigenvalue weighted by Crippen LogP contribution is -2.16. The summed E-state index contributed by atoms with van der Waals surface area (Å²) in [6, 6.07) is 12.3. The first-order valence-corrected chi connectivity index (χ1v) is 11.8. The maximum absolute atomic E-state index is 13.7. The minimum absolute atomic E-state index is 0.0267. The van der Waals surface area contributed by atoms with Crippen molar-refractivity contribution in [3.63, 3.8) is 0 Å². The molecule has 0 aliphatic heterocycles. The molecule has 0 aliphatic carbocycles. The van der Waals surface area contributed by atoms with Crippen molar-refractivity contribution in [2.45, 2.75) is 6.18 Å². The number of carbonyl (C=O) groups excluding carboxylic acids is 1. The van der Waals surface area contributed by atoms with Crippen LogP contribution in [0.3, 0.4) is 0 Å². The van der Waals surface area contributed by atoms with Crippen molar-refractivity contribution in [2.24, 2.45) is 0 Å². The summed E-state index contributed by atoms with van der Waals surface area (Å²) in [6.07, 6.45) is -4.80. The SMILES string of the molecule is O=C(Nc1ccc(Oc2cc([N+](=O)[O-])cc([N+](=O)[O-])c2)cc1)c1nc2nc(-c3cccs3)cc(C(F)(F)F)n2n1. The number of nitrogens with zero attached hydrogens (tertiary/aromatic N) is 6. The highest BCUT2D eigenvalue weighted by Crippen LogP contribution is 2.34. The number of aromatic nitrogens is 4. The fourth-order valence-electron chi connectivity index (χ4n) is 3.48. The number of hydrogen-bond acceptors (Lipinski definition) is 10. The summed E-state index contributed by atoms with van der Waals surface area (Å²) >= 11 is 1.19. The van der Waals surface area contributed by atoms with Crippen LogP contribution in [0, 0.1) is 20.2 Å². The van der Waals surface area contributed by atoms with Crippen molar-refractivity contribution in [3.05, 3.63) is 97.8 Å². The Balaban J connectivity index is 1.37. The highest BCUT2D eigenvalue weighted by atomic mass is 32.1. The summed E-state index contributed by atoms with van der Waals surface area (Å²) in [4.78, 5) is 41.7. The average molecular weight is 571 g/mol. The molecule has 17 heteroatoms. The van der Waals surface area contributed by atoms with E-state index in [-0.39, 0.29) is 22.9 Å². The number of alkyl halides is 3. The maximum atomic E-state index is 13.7. The van der Waals surface area contributed by atoms with Crippen molar-refractivity contribution >= 4 is 40.1 Å². The van der Waals surface area contributed by atoms with Gasteiger partial charge < -0.3 is 10.1 Å². The molecule has 0 bridgehead atoms. The Bertz CT molecular complexity index is 1740. The van der Waals surface area contributed by atoms with Crippen LogP contribution < -0.4 is 10.1 Å². The van der Waals surface area contributed by atoms with Gasteiger partial charge in [-0.3, -0.25) is 25.0 Å². The molecule has 0 atom stereocenters. The largest absolute Gasteiger partial charge is 0.457 e. The zero-order valence-electron chi connectivity index (χ0n) is 19.5. The second-order valence-electron chi connectivity index (χ2n) is 7.93. The third kappa shape index (κ3) is 5.39. The second-order valence-corrected chi connectivity index (χ2v) is 8.88. The van der Waals surface area contributed by atoms with Gasteiger partial charge in [0.1, 0.15) is 11.5 Å². The van der Waals surface area contributed by atoms with E-state index in [1.54, 1.807) is 17.5 Å². The molecule has 40 heavy (non-hydrogen) atoms. The molecular weight excluding hydrogens is 559 g/mol. The molecule has 3 heterocycles. The topological polar surface area (TPSA) is 168 Å². The molecule has 5 aromatic rings. The Morgan fingerprint density at radius 3 is 2.20 bits per heavy atom. The van der Waals surface area contributed by atoms with E-state index in [9.17, 15) is 38.2 Å². The Hall–Kier alpha value is -5.45. The molecule has 2 aromatic carbocycles. The fourth-order valence-corrected chi connectivity index (χ4v) is 4.17. The third-order valence-electron chi connectivity index (χ3n) is 5.22. The second kappa shape index (κ2) is 10.0. The van der Waals surface area contributed by atoms with E-state index in [2.05, 4.69) is 20.4 Å². The van der Waals surface area contributed by atoms with E-state index in [0.717, 1.165) is 24.3 Å². The van der Waals surface area contributed by atoms with E-state index in [4.69, 9.17) is 4.74 Å². The van der Waals surface area contributed by atoms with Gasteiger partial charge >= 0.3 is 6.18 Å². The lowest BCUT2D eigenvalue weighted by molar-refractivity contribution is -0.394. The number of carbonyl (C=O) groups is 1. The fraction of sp³-hybridized carbons (Fsp3) is 0.0435. The Morgan fingerprint density at radius 1 is 0.950 bits per heavy atom. The summed E-state index contributed by atoms with van der Waals surface area (Å²) in [7, 11) is 0. The van der Waals surface area contributed by atoms with Gasteiger partial charge in [0, 0.05) is 5.69 Å². The molecule has 0 aliphatic rings. The molecule has 1 amide bonds. The van der Waals surface area contributed by atoms with Crippen molar-refractivity contribution in [2.75, 3.05) is 5.32 Å². The monoisotopic (exact) mass is 571 g/mol. The first kappa shape index (κ1) is 26.2. The molecule has 13 nitrogen and oxygen atoms in total. The van der Waals surface area contributed by atoms with Gasteiger partial charge in [-0.2, -0.15) is 22.7 Å². The van der Waals surface area contributed by atoms with Crippen LogP contribution in [0.15, 0.2) is 66.0 Å². The predicted octanol–water partition coefficient (Wildman–Crippen LogP) is 5.73. The number of rotatable bonds is 7.